The molecular formula is C17H14FN3O4. The standard InChI is InChI=1S/C17H14FN3O4/c1-10-13(17(19)23)3-2-4-14(10)20-16(22)8-6-11-5-7-12(18)9-15(11)21(24)25/h2-9H,1H3,(H2,19,23)(H,20,22). The summed E-state index contributed by atoms with van der Waals surface area (Å²) >= 11 is 0. The number of nitro benzene ring substituents is 1. The highest BCUT2D eigenvalue weighted by atomic mass is 19.1. The predicted octanol–water partition coefficient (Wildman–Crippen LogP) is 2.79. The molecule has 25 heavy (non-hydrogen) atoms. The smallest absolute Gasteiger partial charge is 0.279 e. The summed E-state index contributed by atoms with van der Waals surface area (Å²) in [4.78, 5) is 33.5. The van der Waals surface area contributed by atoms with E-state index < -0.39 is 28.2 Å². The Kier molecular flexibility index (Phi) is 5.23. The molecule has 0 aliphatic carbocycles. The molecule has 0 saturated carbocycles. The van der Waals surface area contributed by atoms with Gasteiger partial charge < -0.3 is 11.1 Å². The van der Waals surface area contributed by atoms with Crippen LogP contribution in [0.4, 0.5) is 15.8 Å². The first kappa shape index (κ1) is 17.8. The number of amides is 2. The van der Waals surface area contributed by atoms with Gasteiger partial charge in [0.05, 0.1) is 16.6 Å². The fourth-order valence-electron chi connectivity index (χ4n) is 2.19. The van der Waals surface area contributed by atoms with Gasteiger partial charge in [-0.3, -0.25) is 19.7 Å². The SMILES string of the molecule is Cc1c(NC(=O)C=Cc2ccc(F)cc2[N+](=O)[O-])cccc1C(N)=O. The van der Waals surface area contributed by atoms with E-state index in [9.17, 15) is 24.1 Å². The van der Waals surface area contributed by atoms with Crippen molar-refractivity contribution in [2.75, 3.05) is 5.32 Å². The Morgan fingerprint density at radius 3 is 2.64 bits per heavy atom. The minimum absolute atomic E-state index is 0.0872. The van der Waals surface area contributed by atoms with E-state index in [1.165, 1.54) is 18.2 Å². The zero-order valence-electron chi connectivity index (χ0n) is 13.2. The van der Waals surface area contributed by atoms with E-state index in [1.54, 1.807) is 19.1 Å². The largest absolute Gasteiger partial charge is 0.366 e. The van der Waals surface area contributed by atoms with Crippen LogP contribution in [0.3, 0.4) is 0 Å². The van der Waals surface area contributed by atoms with Gasteiger partial charge in [-0.1, -0.05) is 6.07 Å². The number of rotatable bonds is 5. The predicted molar refractivity (Wildman–Crippen MR) is 90.4 cm³/mol. The third-order valence-corrected chi connectivity index (χ3v) is 3.46. The lowest BCUT2D eigenvalue weighted by Gasteiger charge is -2.09. The third kappa shape index (κ3) is 4.25. The van der Waals surface area contributed by atoms with Crippen molar-refractivity contribution in [1.82, 2.24) is 0 Å². The van der Waals surface area contributed by atoms with Crippen molar-refractivity contribution in [2.24, 2.45) is 5.73 Å². The van der Waals surface area contributed by atoms with Gasteiger partial charge in [-0.05, 0) is 42.8 Å². The van der Waals surface area contributed by atoms with Gasteiger partial charge >= 0.3 is 0 Å². The highest BCUT2D eigenvalue weighted by molar-refractivity contribution is 6.04. The van der Waals surface area contributed by atoms with Crippen molar-refractivity contribution >= 4 is 29.3 Å². The number of nitrogens with two attached hydrogens (primary N) is 1. The van der Waals surface area contributed by atoms with Gasteiger partial charge in [-0.2, -0.15) is 0 Å². The Morgan fingerprint density at radius 1 is 1.28 bits per heavy atom. The molecule has 2 amide bonds. The summed E-state index contributed by atoms with van der Waals surface area (Å²) in [6.45, 7) is 1.63. The number of halogens is 1. The minimum atomic E-state index is -0.743. The van der Waals surface area contributed by atoms with Gasteiger partial charge in [0.2, 0.25) is 11.8 Å². The van der Waals surface area contributed by atoms with Crippen LogP contribution >= 0.6 is 0 Å². The molecule has 0 aliphatic heterocycles. The van der Waals surface area contributed by atoms with E-state index in [4.69, 9.17) is 5.73 Å². The lowest BCUT2D eigenvalue weighted by molar-refractivity contribution is -0.385. The molecule has 2 rings (SSSR count). The normalized spacial score (nSPS) is 10.6. The average molecular weight is 343 g/mol. The second-order valence-electron chi connectivity index (χ2n) is 5.13. The number of nitrogens with zero attached hydrogens (tertiary/aromatic N) is 1. The molecule has 8 heteroatoms. The lowest BCUT2D eigenvalue weighted by Crippen LogP contribution is -2.15. The Balaban J connectivity index is 2.22. The summed E-state index contributed by atoms with van der Waals surface area (Å²) in [5.41, 5.74) is 6.05. The second kappa shape index (κ2) is 7.35. The van der Waals surface area contributed by atoms with Gasteiger partial charge in [0.25, 0.3) is 5.69 Å². The summed E-state index contributed by atoms with van der Waals surface area (Å²) in [5, 5.41) is 13.5. The van der Waals surface area contributed by atoms with E-state index in [1.807, 2.05) is 0 Å². The summed E-state index contributed by atoms with van der Waals surface area (Å²) in [7, 11) is 0. The first-order valence-electron chi connectivity index (χ1n) is 7.12. The number of hydrogen-bond donors (Lipinski definition) is 2. The molecule has 0 unspecified atom stereocenters. The molecule has 2 aromatic carbocycles. The number of benzene rings is 2. The number of carbonyl (C=O) groups excluding carboxylic acids is 2. The monoisotopic (exact) mass is 343 g/mol. The molecule has 0 radical (unpaired) electrons. The second-order valence-corrected chi connectivity index (χ2v) is 5.13. The molecule has 128 valence electrons. The van der Waals surface area contributed by atoms with Crippen LogP contribution in [-0.4, -0.2) is 16.7 Å². The molecule has 0 bridgehead atoms. The van der Waals surface area contributed by atoms with Crippen LogP contribution in [0, 0.1) is 22.9 Å². The Labute approximate surface area is 142 Å². The highest BCUT2D eigenvalue weighted by Crippen LogP contribution is 2.22. The molecule has 0 atom stereocenters. The van der Waals surface area contributed by atoms with E-state index in [2.05, 4.69) is 5.32 Å². The van der Waals surface area contributed by atoms with Crippen LogP contribution in [0.2, 0.25) is 0 Å². The van der Waals surface area contributed by atoms with E-state index in [0.29, 0.717) is 11.3 Å². The quantitative estimate of drug-likeness (QED) is 0.493. The number of nitrogens with one attached hydrogen (secondary N) is 1. The van der Waals surface area contributed by atoms with Crippen molar-refractivity contribution in [3.63, 3.8) is 0 Å². The van der Waals surface area contributed by atoms with E-state index in [-0.39, 0.29) is 11.1 Å². The van der Waals surface area contributed by atoms with E-state index in [0.717, 1.165) is 18.2 Å². The summed E-state index contributed by atoms with van der Waals surface area (Å²) in [6, 6.07) is 7.73. The molecule has 0 aromatic heterocycles. The highest BCUT2D eigenvalue weighted by Gasteiger charge is 2.13. The number of nitro groups is 1. The van der Waals surface area contributed by atoms with Gasteiger partial charge in [-0.15, -0.1) is 0 Å². The topological polar surface area (TPSA) is 115 Å². The Hall–Kier alpha value is -3.55. The summed E-state index contributed by atoms with van der Waals surface area (Å²) < 4.78 is 13.1. The zero-order valence-corrected chi connectivity index (χ0v) is 13.2. The van der Waals surface area contributed by atoms with E-state index >= 15 is 0 Å². The number of primary amides is 1. The number of hydrogen-bond acceptors (Lipinski definition) is 4. The van der Waals surface area contributed by atoms with Gasteiger partial charge in [-0.25, -0.2) is 4.39 Å². The molecule has 0 saturated heterocycles. The third-order valence-electron chi connectivity index (χ3n) is 3.46. The fraction of sp³-hybridized carbons (Fsp3) is 0.0588. The molecular weight excluding hydrogens is 329 g/mol. The molecule has 0 aliphatic rings. The van der Waals surface area contributed by atoms with Crippen LogP contribution in [-0.2, 0) is 4.79 Å². The van der Waals surface area contributed by atoms with Gasteiger partial charge in [0.15, 0.2) is 0 Å². The van der Waals surface area contributed by atoms with Crippen LogP contribution in [0.5, 0.6) is 0 Å². The maximum Gasteiger partial charge on any atom is 0.279 e. The van der Waals surface area contributed by atoms with Gasteiger partial charge in [0.1, 0.15) is 5.82 Å². The zero-order chi connectivity index (χ0) is 18.6. The Morgan fingerprint density at radius 2 is 2.00 bits per heavy atom. The lowest BCUT2D eigenvalue weighted by atomic mass is 10.1. The molecule has 0 fully saturated rings. The fourth-order valence-corrected chi connectivity index (χ4v) is 2.19. The van der Waals surface area contributed by atoms with Crippen molar-refractivity contribution in [1.29, 1.82) is 0 Å². The van der Waals surface area contributed by atoms with Crippen LogP contribution in [0.25, 0.3) is 6.08 Å². The van der Waals surface area contributed by atoms with Crippen molar-refractivity contribution in [3.05, 3.63) is 75.1 Å². The summed E-state index contributed by atoms with van der Waals surface area (Å²) in [5.74, 6) is -1.93. The first-order valence-corrected chi connectivity index (χ1v) is 7.12. The minimum Gasteiger partial charge on any atom is -0.366 e. The number of anilines is 1. The molecule has 7 nitrogen and oxygen atoms in total. The van der Waals surface area contributed by atoms with Gasteiger partial charge in [0, 0.05) is 17.3 Å². The first-order chi connectivity index (χ1) is 11.8. The summed E-state index contributed by atoms with van der Waals surface area (Å²) in [6.07, 6.45) is 2.29. The average Bonchev–Trinajstić information content (AvgIpc) is 2.55. The molecule has 0 spiro atoms. The molecule has 2 aromatic rings. The maximum absolute atomic E-state index is 13.1. The van der Waals surface area contributed by atoms with Crippen LogP contribution in [0.1, 0.15) is 21.5 Å². The molecule has 3 N–H and O–H groups in total. The molecule has 0 heterocycles. The van der Waals surface area contributed by atoms with Crippen molar-refractivity contribution < 1.29 is 18.9 Å². The Bertz CT molecular complexity index is 893. The van der Waals surface area contributed by atoms with Crippen LogP contribution in [0.15, 0.2) is 42.5 Å². The van der Waals surface area contributed by atoms with Crippen molar-refractivity contribution in [3.8, 4) is 0 Å². The number of carbonyl (C=O) groups is 2. The maximum atomic E-state index is 13.1. The van der Waals surface area contributed by atoms with Crippen molar-refractivity contribution in [2.45, 2.75) is 6.92 Å². The van der Waals surface area contributed by atoms with Crippen LogP contribution < -0.4 is 11.1 Å².